The molecule has 0 saturated heterocycles. The lowest BCUT2D eigenvalue weighted by Gasteiger charge is -2.06. The van der Waals surface area contributed by atoms with Crippen LogP contribution in [0.1, 0.15) is 50.2 Å². The van der Waals surface area contributed by atoms with Crippen molar-refractivity contribution < 1.29 is 9.66 Å². The second-order valence-corrected chi connectivity index (χ2v) is 10.1. The molecule has 7 nitrogen and oxygen atoms in total. The van der Waals surface area contributed by atoms with E-state index in [0.29, 0.717) is 5.13 Å². The van der Waals surface area contributed by atoms with Crippen molar-refractivity contribution >= 4 is 28.4 Å². The van der Waals surface area contributed by atoms with Gasteiger partial charge in [-0.15, -0.1) is 0 Å². The molecule has 3 aromatic carbocycles. The van der Waals surface area contributed by atoms with Crippen LogP contribution in [0.2, 0.25) is 0 Å². The van der Waals surface area contributed by atoms with Crippen LogP contribution in [0.15, 0.2) is 77.9 Å². The number of nitrogens with zero attached hydrogens (tertiary/aromatic N) is 3. The number of ether oxygens (including phenoxy) is 1. The molecule has 0 aliphatic rings. The summed E-state index contributed by atoms with van der Waals surface area (Å²) in [6.07, 6.45) is 7.83. The number of benzene rings is 3. The van der Waals surface area contributed by atoms with E-state index in [0.717, 1.165) is 51.6 Å². The largest absolute Gasteiger partial charge is 0.494 e. The van der Waals surface area contributed by atoms with Crippen molar-refractivity contribution in [2.75, 3.05) is 12.0 Å². The second kappa shape index (κ2) is 13.5. The minimum Gasteiger partial charge on any atom is -0.494 e. The fourth-order valence-electron chi connectivity index (χ4n) is 3.91. The summed E-state index contributed by atoms with van der Waals surface area (Å²) in [5.41, 5.74) is 7.84. The van der Waals surface area contributed by atoms with Crippen molar-refractivity contribution in [2.45, 2.75) is 46.0 Å². The van der Waals surface area contributed by atoms with Crippen molar-refractivity contribution in [3.05, 3.63) is 94.0 Å². The molecule has 1 heterocycles. The van der Waals surface area contributed by atoms with E-state index in [9.17, 15) is 10.1 Å². The van der Waals surface area contributed by atoms with E-state index in [-0.39, 0.29) is 5.69 Å². The third-order valence-electron chi connectivity index (χ3n) is 6.06. The Hall–Kier alpha value is -4.04. The van der Waals surface area contributed by atoms with Gasteiger partial charge in [-0.25, -0.2) is 4.98 Å². The molecule has 38 heavy (non-hydrogen) atoms. The van der Waals surface area contributed by atoms with Gasteiger partial charge in [-0.05, 0) is 60.9 Å². The smallest absolute Gasteiger partial charge is 0.269 e. The number of aromatic nitrogens is 1. The zero-order chi connectivity index (χ0) is 26.7. The molecule has 1 aromatic heterocycles. The first-order valence-electron chi connectivity index (χ1n) is 12.9. The Morgan fingerprint density at radius 3 is 2.32 bits per heavy atom. The number of hydrazone groups is 1. The molecule has 0 radical (unpaired) electrons. The van der Waals surface area contributed by atoms with Gasteiger partial charge >= 0.3 is 0 Å². The minimum absolute atomic E-state index is 0.0569. The highest BCUT2D eigenvalue weighted by molar-refractivity contribution is 7.19. The van der Waals surface area contributed by atoms with E-state index in [4.69, 9.17) is 9.72 Å². The zero-order valence-electron chi connectivity index (χ0n) is 21.7. The molecule has 0 bridgehead atoms. The normalized spacial score (nSPS) is 11.1. The highest BCUT2D eigenvalue weighted by atomic mass is 32.1. The van der Waals surface area contributed by atoms with Gasteiger partial charge in [0.05, 0.1) is 28.3 Å². The summed E-state index contributed by atoms with van der Waals surface area (Å²) in [5, 5.41) is 16.1. The number of anilines is 1. The molecule has 4 aromatic rings. The van der Waals surface area contributed by atoms with Gasteiger partial charge in [-0.2, -0.15) is 5.10 Å². The van der Waals surface area contributed by atoms with Crippen LogP contribution in [0.3, 0.4) is 0 Å². The monoisotopic (exact) mass is 528 g/mol. The SMILES string of the molecule is CCCCCCCOc1ccc(/C=N\Nc2nc(-c3ccc(C)cc3)c(-c3ccc([N+](=O)[O-])cc3)s2)cc1. The zero-order valence-corrected chi connectivity index (χ0v) is 22.5. The van der Waals surface area contributed by atoms with Crippen LogP contribution in [-0.2, 0) is 0 Å². The number of nitro benzene ring substituents is 1. The van der Waals surface area contributed by atoms with Gasteiger partial charge in [0.25, 0.3) is 5.69 Å². The number of hydrogen-bond donors (Lipinski definition) is 1. The Bertz CT molecular complexity index is 1350. The van der Waals surface area contributed by atoms with Gasteiger partial charge in [-0.3, -0.25) is 15.5 Å². The number of nitro groups is 1. The summed E-state index contributed by atoms with van der Waals surface area (Å²) in [4.78, 5) is 16.4. The number of thiazole rings is 1. The van der Waals surface area contributed by atoms with Crippen LogP contribution in [0, 0.1) is 17.0 Å². The molecule has 4 rings (SSSR count). The van der Waals surface area contributed by atoms with Crippen LogP contribution in [0.4, 0.5) is 10.8 Å². The number of hydrogen-bond acceptors (Lipinski definition) is 7. The van der Waals surface area contributed by atoms with Crippen LogP contribution in [-0.4, -0.2) is 22.7 Å². The van der Waals surface area contributed by atoms with Gasteiger partial charge < -0.3 is 4.74 Å². The Morgan fingerprint density at radius 2 is 1.63 bits per heavy atom. The molecule has 0 spiro atoms. The molecule has 0 aliphatic carbocycles. The summed E-state index contributed by atoms with van der Waals surface area (Å²) in [5.74, 6) is 0.862. The predicted octanol–water partition coefficient (Wildman–Crippen LogP) is 8.49. The highest BCUT2D eigenvalue weighted by Crippen LogP contribution is 2.39. The average Bonchev–Trinajstić information content (AvgIpc) is 3.36. The Morgan fingerprint density at radius 1 is 0.947 bits per heavy atom. The molecule has 196 valence electrons. The third-order valence-corrected chi connectivity index (χ3v) is 7.07. The van der Waals surface area contributed by atoms with Crippen molar-refractivity contribution in [1.82, 2.24) is 4.98 Å². The quantitative estimate of drug-likeness (QED) is 0.0813. The standard InChI is InChI=1S/C30H32N4O3S/c1-3-4-5-6-7-20-37-27-18-10-23(11-19-27)21-31-33-30-32-28(24-12-8-22(2)9-13-24)29(38-30)25-14-16-26(17-15-25)34(35)36/h8-19,21H,3-7,20H2,1-2H3,(H,32,33)/b31-21-. The van der Waals surface area contributed by atoms with Crippen LogP contribution >= 0.6 is 11.3 Å². The number of nitrogens with one attached hydrogen (secondary N) is 1. The first kappa shape index (κ1) is 27.0. The van der Waals surface area contributed by atoms with Crippen molar-refractivity contribution in [1.29, 1.82) is 0 Å². The molecule has 8 heteroatoms. The van der Waals surface area contributed by atoms with E-state index < -0.39 is 4.92 Å². The minimum atomic E-state index is -0.396. The van der Waals surface area contributed by atoms with Crippen molar-refractivity contribution in [3.8, 4) is 27.4 Å². The van der Waals surface area contributed by atoms with Gasteiger partial charge in [-0.1, -0.05) is 73.8 Å². The topological polar surface area (TPSA) is 89.7 Å². The summed E-state index contributed by atoms with van der Waals surface area (Å²) >= 11 is 1.45. The molecule has 0 atom stereocenters. The lowest BCUT2D eigenvalue weighted by atomic mass is 10.1. The van der Waals surface area contributed by atoms with Gasteiger partial charge in [0.1, 0.15) is 5.75 Å². The first-order valence-corrected chi connectivity index (χ1v) is 13.7. The maximum absolute atomic E-state index is 11.1. The van der Waals surface area contributed by atoms with Crippen LogP contribution in [0.5, 0.6) is 5.75 Å². The van der Waals surface area contributed by atoms with Gasteiger partial charge in [0, 0.05) is 17.7 Å². The van der Waals surface area contributed by atoms with Crippen LogP contribution < -0.4 is 10.2 Å². The van der Waals surface area contributed by atoms with E-state index in [1.54, 1.807) is 18.3 Å². The molecule has 0 saturated carbocycles. The van der Waals surface area contributed by atoms with Crippen molar-refractivity contribution in [3.63, 3.8) is 0 Å². The third kappa shape index (κ3) is 7.49. The maximum Gasteiger partial charge on any atom is 0.269 e. The highest BCUT2D eigenvalue weighted by Gasteiger charge is 2.16. The Labute approximate surface area is 227 Å². The summed E-state index contributed by atoms with van der Waals surface area (Å²) in [6.45, 7) is 5.00. The number of unbranched alkanes of at least 4 members (excludes halogenated alkanes) is 4. The Kier molecular flexibility index (Phi) is 9.59. The van der Waals surface area contributed by atoms with Crippen LogP contribution in [0.25, 0.3) is 21.7 Å². The van der Waals surface area contributed by atoms with E-state index in [1.165, 1.54) is 49.2 Å². The van der Waals surface area contributed by atoms with Gasteiger partial charge in [0.15, 0.2) is 0 Å². The maximum atomic E-state index is 11.1. The number of rotatable bonds is 13. The first-order chi connectivity index (χ1) is 18.5. The molecule has 0 aliphatic heterocycles. The number of aryl methyl sites for hydroxylation is 1. The Balaban J connectivity index is 1.44. The van der Waals surface area contributed by atoms with E-state index in [2.05, 4.69) is 17.5 Å². The molecule has 0 unspecified atom stereocenters. The summed E-state index contributed by atoms with van der Waals surface area (Å²) in [7, 11) is 0. The average molecular weight is 529 g/mol. The summed E-state index contributed by atoms with van der Waals surface area (Å²) in [6, 6.07) is 22.5. The molecule has 1 N–H and O–H groups in total. The number of non-ortho nitro benzene ring substituents is 1. The predicted molar refractivity (Wildman–Crippen MR) is 156 cm³/mol. The van der Waals surface area contributed by atoms with E-state index >= 15 is 0 Å². The second-order valence-electron chi connectivity index (χ2n) is 9.07. The van der Waals surface area contributed by atoms with E-state index in [1.807, 2.05) is 55.5 Å². The lowest BCUT2D eigenvalue weighted by Crippen LogP contribution is -1.97. The molecular formula is C30H32N4O3S. The molecule has 0 amide bonds. The summed E-state index contributed by atoms with van der Waals surface area (Å²) < 4.78 is 5.84. The fraction of sp³-hybridized carbons (Fsp3) is 0.267. The molecular weight excluding hydrogens is 496 g/mol. The fourth-order valence-corrected chi connectivity index (χ4v) is 4.86. The molecule has 0 fully saturated rings. The lowest BCUT2D eigenvalue weighted by molar-refractivity contribution is -0.384. The van der Waals surface area contributed by atoms with Gasteiger partial charge in [0.2, 0.25) is 5.13 Å². The van der Waals surface area contributed by atoms with Crippen molar-refractivity contribution in [2.24, 2.45) is 5.10 Å².